The van der Waals surface area contributed by atoms with Gasteiger partial charge in [-0.25, -0.2) is 0 Å². The Morgan fingerprint density at radius 3 is 2.65 bits per heavy atom. The molecule has 0 spiro atoms. The van der Waals surface area contributed by atoms with E-state index in [1.807, 2.05) is 11.8 Å². The highest BCUT2D eigenvalue weighted by Gasteiger charge is 2.31. The summed E-state index contributed by atoms with van der Waals surface area (Å²) in [6.07, 6.45) is 5.45. The van der Waals surface area contributed by atoms with E-state index < -0.39 is 0 Å². The van der Waals surface area contributed by atoms with Crippen LogP contribution in [-0.2, 0) is 9.53 Å². The van der Waals surface area contributed by atoms with E-state index in [0.717, 1.165) is 39.0 Å². The third kappa shape index (κ3) is 5.95. The van der Waals surface area contributed by atoms with Crippen molar-refractivity contribution in [3.63, 3.8) is 0 Å². The number of thioether (sulfide) groups is 1. The third-order valence-electron chi connectivity index (χ3n) is 3.05. The van der Waals surface area contributed by atoms with Crippen molar-refractivity contribution < 1.29 is 9.53 Å². The molecule has 3 N–H and O–H groups in total. The van der Waals surface area contributed by atoms with Crippen molar-refractivity contribution in [2.24, 2.45) is 5.73 Å². The quantitative estimate of drug-likeness (QED) is 0.768. The van der Waals surface area contributed by atoms with Crippen LogP contribution in [0.25, 0.3) is 0 Å². The maximum Gasteiger partial charge on any atom is 0.220 e. The van der Waals surface area contributed by atoms with E-state index in [0.29, 0.717) is 13.0 Å². The second kappa shape index (κ2) is 9.03. The molecule has 0 aromatic rings. The Balaban J connectivity index is 0.00000256. The van der Waals surface area contributed by atoms with Crippen LogP contribution < -0.4 is 11.1 Å². The Labute approximate surface area is 114 Å². The molecule has 0 saturated carbocycles. The van der Waals surface area contributed by atoms with E-state index in [1.54, 1.807) is 0 Å². The van der Waals surface area contributed by atoms with Crippen LogP contribution in [0.4, 0.5) is 0 Å². The van der Waals surface area contributed by atoms with Gasteiger partial charge in [-0.1, -0.05) is 0 Å². The molecule has 1 aliphatic heterocycles. The molecule has 17 heavy (non-hydrogen) atoms. The van der Waals surface area contributed by atoms with Crippen molar-refractivity contribution in [2.75, 3.05) is 32.6 Å². The van der Waals surface area contributed by atoms with Gasteiger partial charge in [-0.2, -0.15) is 11.8 Å². The molecule has 0 aromatic heterocycles. The summed E-state index contributed by atoms with van der Waals surface area (Å²) in [5, 5.41) is 3.01. The van der Waals surface area contributed by atoms with E-state index in [9.17, 15) is 4.79 Å². The smallest absolute Gasteiger partial charge is 0.220 e. The fraction of sp³-hybridized carbons (Fsp3) is 0.909. The van der Waals surface area contributed by atoms with Crippen molar-refractivity contribution >= 4 is 30.1 Å². The largest absolute Gasteiger partial charge is 0.381 e. The molecule has 1 heterocycles. The van der Waals surface area contributed by atoms with Crippen LogP contribution in [0.5, 0.6) is 0 Å². The molecule has 1 fully saturated rings. The first-order valence-corrected chi connectivity index (χ1v) is 7.04. The second-order valence-electron chi connectivity index (χ2n) is 4.17. The first kappa shape index (κ1) is 17.0. The summed E-state index contributed by atoms with van der Waals surface area (Å²) in [5.41, 5.74) is 5.37. The summed E-state index contributed by atoms with van der Waals surface area (Å²) >= 11 is 1.84. The Bertz CT molecular complexity index is 224. The van der Waals surface area contributed by atoms with Gasteiger partial charge >= 0.3 is 0 Å². The predicted molar refractivity (Wildman–Crippen MR) is 74.8 cm³/mol. The van der Waals surface area contributed by atoms with Gasteiger partial charge in [0.15, 0.2) is 0 Å². The van der Waals surface area contributed by atoms with Crippen LogP contribution in [0.1, 0.15) is 25.7 Å². The lowest BCUT2D eigenvalue weighted by Crippen LogP contribution is -2.44. The molecule has 1 amide bonds. The maximum atomic E-state index is 11.5. The minimum absolute atomic E-state index is 0. The lowest BCUT2D eigenvalue weighted by molar-refractivity contribution is -0.121. The van der Waals surface area contributed by atoms with E-state index >= 15 is 0 Å². The summed E-state index contributed by atoms with van der Waals surface area (Å²) in [5.74, 6) is 0.116. The minimum Gasteiger partial charge on any atom is -0.381 e. The Hall–Kier alpha value is 0.0300. The van der Waals surface area contributed by atoms with Crippen LogP contribution in [0, 0.1) is 0 Å². The molecule has 4 nitrogen and oxygen atoms in total. The number of nitrogens with two attached hydrogens (primary N) is 1. The molecule has 1 saturated heterocycles. The number of hydrogen-bond donors (Lipinski definition) is 2. The van der Waals surface area contributed by atoms with E-state index in [1.165, 1.54) is 0 Å². The number of amides is 1. The molecule has 102 valence electrons. The highest BCUT2D eigenvalue weighted by atomic mass is 35.5. The van der Waals surface area contributed by atoms with Gasteiger partial charge in [-0.05, 0) is 32.1 Å². The monoisotopic (exact) mass is 282 g/mol. The number of carbonyl (C=O) groups excluding carboxylic acids is 1. The predicted octanol–water partition coefficient (Wildman–Crippen LogP) is 1.18. The zero-order valence-corrected chi connectivity index (χ0v) is 12.0. The molecule has 0 atom stereocenters. The van der Waals surface area contributed by atoms with Gasteiger partial charge in [0.25, 0.3) is 0 Å². The van der Waals surface area contributed by atoms with Crippen LogP contribution in [0.15, 0.2) is 0 Å². The number of ether oxygens (including phenoxy) is 1. The Kier molecular flexibility index (Phi) is 9.04. The molecule has 1 aliphatic rings. The molecule has 1 rings (SSSR count). The number of nitrogens with one attached hydrogen (secondary N) is 1. The van der Waals surface area contributed by atoms with Gasteiger partial charge in [-0.15, -0.1) is 12.4 Å². The molecule has 0 aliphatic carbocycles. The summed E-state index contributed by atoms with van der Waals surface area (Å²) in [4.78, 5) is 11.5. The summed E-state index contributed by atoms with van der Waals surface area (Å²) in [6, 6.07) is 0. The zero-order valence-electron chi connectivity index (χ0n) is 10.4. The fourth-order valence-corrected chi connectivity index (χ4v) is 2.60. The maximum absolute atomic E-state index is 11.5. The van der Waals surface area contributed by atoms with Gasteiger partial charge < -0.3 is 15.8 Å². The van der Waals surface area contributed by atoms with E-state index in [4.69, 9.17) is 10.5 Å². The number of halogens is 1. The Morgan fingerprint density at radius 2 is 2.12 bits per heavy atom. The third-order valence-corrected chi connectivity index (χ3v) is 4.47. The highest BCUT2D eigenvalue weighted by Crippen LogP contribution is 2.32. The van der Waals surface area contributed by atoms with Gasteiger partial charge in [0.2, 0.25) is 5.91 Å². The lowest BCUT2D eigenvalue weighted by Gasteiger charge is -2.35. The van der Waals surface area contributed by atoms with Crippen LogP contribution in [0.2, 0.25) is 0 Å². The number of hydrogen-bond acceptors (Lipinski definition) is 4. The summed E-state index contributed by atoms with van der Waals surface area (Å²) in [7, 11) is 0. The van der Waals surface area contributed by atoms with Gasteiger partial charge in [0.05, 0.1) is 0 Å². The highest BCUT2D eigenvalue weighted by molar-refractivity contribution is 8.00. The van der Waals surface area contributed by atoms with Gasteiger partial charge in [0, 0.05) is 30.9 Å². The van der Waals surface area contributed by atoms with E-state index in [2.05, 4.69) is 11.6 Å². The van der Waals surface area contributed by atoms with Crippen molar-refractivity contribution in [3.8, 4) is 0 Å². The number of rotatable bonds is 6. The normalized spacial score (nSPS) is 18.2. The topological polar surface area (TPSA) is 64.4 Å². The van der Waals surface area contributed by atoms with Gasteiger partial charge in [0.1, 0.15) is 0 Å². The molecule has 6 heteroatoms. The molecular formula is C11H23ClN2O2S. The van der Waals surface area contributed by atoms with E-state index in [-0.39, 0.29) is 23.1 Å². The summed E-state index contributed by atoms with van der Waals surface area (Å²) < 4.78 is 5.53. The SMILES string of the molecule is CSC1(CNC(=O)CCCN)CCOCC1.Cl. The minimum atomic E-state index is 0. The standard InChI is InChI=1S/C11H22N2O2S.ClH/c1-16-11(4-7-15-8-5-11)9-13-10(14)3-2-6-12;/h2-9,12H2,1H3,(H,13,14);1H. The van der Waals surface area contributed by atoms with Crippen LogP contribution in [0.3, 0.4) is 0 Å². The zero-order chi connectivity index (χ0) is 11.9. The number of carbonyl (C=O) groups is 1. The lowest BCUT2D eigenvalue weighted by atomic mass is 9.99. The Morgan fingerprint density at radius 1 is 1.47 bits per heavy atom. The molecular weight excluding hydrogens is 260 g/mol. The molecule has 0 radical (unpaired) electrons. The fourth-order valence-electron chi connectivity index (χ4n) is 1.81. The average Bonchev–Trinajstić information content (AvgIpc) is 2.35. The first-order chi connectivity index (χ1) is 7.72. The van der Waals surface area contributed by atoms with Crippen molar-refractivity contribution in [1.29, 1.82) is 0 Å². The first-order valence-electron chi connectivity index (χ1n) is 5.82. The molecule has 0 aromatic carbocycles. The van der Waals surface area contributed by atoms with Crippen LogP contribution in [-0.4, -0.2) is 43.2 Å². The molecule has 0 bridgehead atoms. The van der Waals surface area contributed by atoms with Crippen molar-refractivity contribution in [2.45, 2.75) is 30.4 Å². The molecule has 0 unspecified atom stereocenters. The van der Waals surface area contributed by atoms with Crippen LogP contribution >= 0.6 is 24.2 Å². The average molecular weight is 283 g/mol. The van der Waals surface area contributed by atoms with Gasteiger partial charge in [-0.3, -0.25) is 4.79 Å². The second-order valence-corrected chi connectivity index (χ2v) is 5.44. The van der Waals surface area contributed by atoms with Crippen molar-refractivity contribution in [3.05, 3.63) is 0 Å². The van der Waals surface area contributed by atoms with Crippen molar-refractivity contribution in [1.82, 2.24) is 5.32 Å². The summed E-state index contributed by atoms with van der Waals surface area (Å²) in [6.45, 7) is 2.94.